The summed E-state index contributed by atoms with van der Waals surface area (Å²) >= 11 is 5.82. The third kappa shape index (κ3) is 4.58. The first-order valence-corrected chi connectivity index (χ1v) is 8.78. The van der Waals surface area contributed by atoms with Crippen molar-refractivity contribution in [2.75, 3.05) is 20.7 Å². The summed E-state index contributed by atoms with van der Waals surface area (Å²) in [6.45, 7) is 0.275. The highest BCUT2D eigenvalue weighted by atomic mass is 35.5. The molecule has 122 valence electrons. The van der Waals surface area contributed by atoms with Gasteiger partial charge in [-0.15, -0.1) is 0 Å². The molecule has 2 aromatic rings. The fourth-order valence-electron chi connectivity index (χ4n) is 1.94. The average Bonchev–Trinajstić information content (AvgIpc) is 2.56. The number of ether oxygens (including phenoxy) is 1. The molecule has 0 aliphatic heterocycles. The molecule has 23 heavy (non-hydrogen) atoms. The molecule has 0 aliphatic rings. The molecular weight excluding hydrogens is 334 g/mol. The first-order chi connectivity index (χ1) is 10.9. The van der Waals surface area contributed by atoms with Crippen LogP contribution in [0.4, 0.5) is 0 Å². The van der Waals surface area contributed by atoms with Gasteiger partial charge in [-0.2, -0.15) is 4.31 Å². The number of hydrogen-bond acceptors (Lipinski definition) is 3. The summed E-state index contributed by atoms with van der Waals surface area (Å²) in [4.78, 5) is 0.237. The van der Waals surface area contributed by atoms with Crippen molar-refractivity contribution in [2.24, 2.45) is 0 Å². The van der Waals surface area contributed by atoms with Gasteiger partial charge in [0.2, 0.25) is 10.0 Å². The van der Waals surface area contributed by atoms with Gasteiger partial charge in [-0.1, -0.05) is 35.9 Å². The van der Waals surface area contributed by atoms with Crippen molar-refractivity contribution in [3.8, 4) is 5.75 Å². The average molecular weight is 352 g/mol. The summed E-state index contributed by atoms with van der Waals surface area (Å²) < 4.78 is 31.2. The Labute approximate surface area is 142 Å². The van der Waals surface area contributed by atoms with E-state index in [0.717, 1.165) is 5.56 Å². The van der Waals surface area contributed by atoms with Crippen molar-refractivity contribution < 1.29 is 13.2 Å². The lowest BCUT2D eigenvalue weighted by Crippen LogP contribution is -2.27. The maximum atomic E-state index is 12.5. The predicted octanol–water partition coefficient (Wildman–Crippen LogP) is 3.68. The van der Waals surface area contributed by atoms with Crippen LogP contribution in [0.2, 0.25) is 5.02 Å². The molecule has 4 nitrogen and oxygen atoms in total. The van der Waals surface area contributed by atoms with Crippen molar-refractivity contribution in [1.29, 1.82) is 0 Å². The van der Waals surface area contributed by atoms with Gasteiger partial charge in [0.1, 0.15) is 5.75 Å². The Morgan fingerprint density at radius 1 is 1.09 bits per heavy atom. The van der Waals surface area contributed by atoms with Gasteiger partial charge in [0.25, 0.3) is 0 Å². The van der Waals surface area contributed by atoms with Crippen LogP contribution >= 0.6 is 11.6 Å². The number of hydrogen-bond donors (Lipinski definition) is 0. The second-order valence-electron chi connectivity index (χ2n) is 4.91. The van der Waals surface area contributed by atoms with Gasteiger partial charge < -0.3 is 4.74 Å². The Kier molecular flexibility index (Phi) is 5.82. The Morgan fingerprint density at radius 2 is 1.70 bits per heavy atom. The predicted molar refractivity (Wildman–Crippen MR) is 93.3 cm³/mol. The summed E-state index contributed by atoms with van der Waals surface area (Å²) in [6, 6.07) is 13.7. The molecule has 0 spiro atoms. The van der Waals surface area contributed by atoms with E-state index in [1.165, 1.54) is 23.5 Å². The van der Waals surface area contributed by atoms with Crippen LogP contribution in [0.1, 0.15) is 5.56 Å². The summed E-state index contributed by atoms with van der Waals surface area (Å²) in [6.07, 6.45) is 3.65. The standard InChI is InChI=1S/C17H18ClNO3S/c1-19(13-3-4-14-5-7-15(18)8-6-14)23(20,21)17-11-9-16(22-2)10-12-17/h3-12H,13H2,1-2H3/b4-3+. The van der Waals surface area contributed by atoms with E-state index < -0.39 is 10.0 Å². The zero-order valence-corrected chi connectivity index (χ0v) is 14.5. The molecule has 0 atom stereocenters. The van der Waals surface area contributed by atoms with Crippen molar-refractivity contribution in [1.82, 2.24) is 4.31 Å². The summed E-state index contributed by atoms with van der Waals surface area (Å²) in [5, 5.41) is 0.668. The Balaban J connectivity index is 2.05. The van der Waals surface area contributed by atoms with Gasteiger partial charge >= 0.3 is 0 Å². The van der Waals surface area contributed by atoms with Gasteiger partial charge in [-0.3, -0.25) is 0 Å². The second-order valence-corrected chi connectivity index (χ2v) is 7.40. The van der Waals surface area contributed by atoms with E-state index in [2.05, 4.69) is 0 Å². The van der Waals surface area contributed by atoms with E-state index in [4.69, 9.17) is 16.3 Å². The Bertz CT molecular complexity index is 768. The third-order valence-electron chi connectivity index (χ3n) is 3.31. The molecule has 6 heteroatoms. The molecule has 2 aromatic carbocycles. The van der Waals surface area contributed by atoms with E-state index in [-0.39, 0.29) is 11.4 Å². The van der Waals surface area contributed by atoms with Crippen LogP contribution in [-0.2, 0) is 10.0 Å². The SMILES string of the molecule is COc1ccc(S(=O)(=O)N(C)C/C=C/c2ccc(Cl)cc2)cc1. The van der Waals surface area contributed by atoms with Crippen LogP contribution in [0, 0.1) is 0 Å². The van der Waals surface area contributed by atoms with Gasteiger partial charge in [0.15, 0.2) is 0 Å². The zero-order chi connectivity index (χ0) is 16.9. The molecule has 0 saturated carbocycles. The van der Waals surface area contributed by atoms with E-state index in [1.54, 1.807) is 37.4 Å². The minimum Gasteiger partial charge on any atom is -0.497 e. The third-order valence-corrected chi connectivity index (χ3v) is 5.40. The maximum Gasteiger partial charge on any atom is 0.243 e. The highest BCUT2D eigenvalue weighted by Crippen LogP contribution is 2.18. The fourth-order valence-corrected chi connectivity index (χ4v) is 3.19. The van der Waals surface area contributed by atoms with Crippen molar-refractivity contribution in [2.45, 2.75) is 4.90 Å². The first-order valence-electron chi connectivity index (χ1n) is 6.96. The molecule has 2 rings (SSSR count). The number of nitrogens with zero attached hydrogens (tertiary/aromatic N) is 1. The maximum absolute atomic E-state index is 12.5. The number of rotatable bonds is 6. The molecule has 0 saturated heterocycles. The van der Waals surface area contributed by atoms with Gasteiger partial charge in [-0.25, -0.2) is 8.42 Å². The van der Waals surface area contributed by atoms with Crippen molar-refractivity contribution >= 4 is 27.7 Å². The summed E-state index contributed by atoms with van der Waals surface area (Å²) in [5.41, 5.74) is 0.963. The molecule has 0 aliphatic carbocycles. The largest absolute Gasteiger partial charge is 0.497 e. The molecule has 0 unspecified atom stereocenters. The topological polar surface area (TPSA) is 46.6 Å². The van der Waals surface area contributed by atoms with Crippen LogP contribution < -0.4 is 4.74 Å². The second kappa shape index (κ2) is 7.64. The van der Waals surface area contributed by atoms with E-state index in [0.29, 0.717) is 10.8 Å². The number of sulfonamides is 1. The normalized spacial score (nSPS) is 12.0. The lowest BCUT2D eigenvalue weighted by Gasteiger charge is -2.15. The van der Waals surface area contributed by atoms with E-state index in [9.17, 15) is 8.42 Å². The molecule has 0 aromatic heterocycles. The number of halogens is 1. The Hall–Kier alpha value is -1.82. The number of methoxy groups -OCH3 is 1. The molecule has 0 radical (unpaired) electrons. The fraction of sp³-hybridized carbons (Fsp3) is 0.176. The lowest BCUT2D eigenvalue weighted by atomic mass is 10.2. The molecular formula is C17H18ClNO3S. The highest BCUT2D eigenvalue weighted by Gasteiger charge is 2.19. The van der Waals surface area contributed by atoms with Gasteiger partial charge in [-0.05, 0) is 42.0 Å². The highest BCUT2D eigenvalue weighted by molar-refractivity contribution is 7.89. The van der Waals surface area contributed by atoms with E-state index in [1.807, 2.05) is 18.2 Å². The smallest absolute Gasteiger partial charge is 0.243 e. The van der Waals surface area contributed by atoms with Crippen LogP contribution in [0.15, 0.2) is 59.5 Å². The van der Waals surface area contributed by atoms with Crippen LogP contribution in [0.25, 0.3) is 6.08 Å². The number of benzene rings is 2. The number of likely N-dealkylation sites (N-methyl/N-ethyl adjacent to an activating group) is 1. The van der Waals surface area contributed by atoms with Gasteiger partial charge in [0, 0.05) is 18.6 Å². The van der Waals surface area contributed by atoms with Crippen molar-refractivity contribution in [3.05, 3.63) is 65.2 Å². The Morgan fingerprint density at radius 3 is 2.26 bits per heavy atom. The van der Waals surface area contributed by atoms with Crippen LogP contribution in [0.5, 0.6) is 5.75 Å². The van der Waals surface area contributed by atoms with Crippen molar-refractivity contribution in [3.63, 3.8) is 0 Å². The molecule has 0 fully saturated rings. The molecule has 0 amide bonds. The first kappa shape index (κ1) is 17.5. The minimum atomic E-state index is -3.52. The monoisotopic (exact) mass is 351 g/mol. The summed E-state index contributed by atoms with van der Waals surface area (Å²) in [7, 11) is -0.433. The lowest BCUT2D eigenvalue weighted by molar-refractivity contribution is 0.414. The van der Waals surface area contributed by atoms with Crippen LogP contribution in [0.3, 0.4) is 0 Å². The van der Waals surface area contributed by atoms with Crippen LogP contribution in [-0.4, -0.2) is 33.4 Å². The zero-order valence-electron chi connectivity index (χ0n) is 12.9. The van der Waals surface area contributed by atoms with Gasteiger partial charge in [0.05, 0.1) is 12.0 Å². The molecule has 0 bridgehead atoms. The minimum absolute atomic E-state index is 0.237. The summed E-state index contributed by atoms with van der Waals surface area (Å²) in [5.74, 6) is 0.620. The quantitative estimate of drug-likeness (QED) is 0.797. The molecule has 0 heterocycles. The van der Waals surface area contributed by atoms with E-state index >= 15 is 0 Å². The molecule has 0 N–H and O–H groups in total.